The molecule has 0 saturated heterocycles. The molecule has 2 aromatic carbocycles. The molecule has 7 heteroatoms. The van der Waals surface area contributed by atoms with E-state index in [0.717, 1.165) is 5.56 Å². The quantitative estimate of drug-likeness (QED) is 0.783. The highest BCUT2D eigenvalue weighted by molar-refractivity contribution is 5.97. The van der Waals surface area contributed by atoms with Crippen LogP contribution in [0.4, 0.5) is 9.18 Å². The molecule has 144 valence electrons. The number of likely N-dealkylation sites (N-methyl/N-ethyl adjacent to an activating group) is 1. The van der Waals surface area contributed by atoms with Gasteiger partial charge in [0.25, 0.3) is 0 Å². The maximum absolute atomic E-state index is 14.0. The second-order valence-electron chi connectivity index (χ2n) is 6.05. The maximum Gasteiger partial charge on any atom is 0.321 e. The van der Waals surface area contributed by atoms with Gasteiger partial charge in [-0.15, -0.1) is 0 Å². The van der Waals surface area contributed by atoms with Gasteiger partial charge in [0, 0.05) is 13.1 Å². The average Bonchev–Trinajstić information content (AvgIpc) is 2.63. The van der Waals surface area contributed by atoms with E-state index in [2.05, 4.69) is 10.6 Å². The van der Waals surface area contributed by atoms with E-state index in [0.29, 0.717) is 18.7 Å². The molecule has 2 aromatic rings. The highest BCUT2D eigenvalue weighted by Gasteiger charge is 2.26. The molecule has 27 heavy (non-hydrogen) atoms. The van der Waals surface area contributed by atoms with Crippen molar-refractivity contribution in [1.82, 2.24) is 15.5 Å². The molecule has 0 saturated carbocycles. The number of imide groups is 1. The average molecular weight is 373 g/mol. The molecule has 0 fully saturated rings. The van der Waals surface area contributed by atoms with Crippen LogP contribution in [-0.2, 0) is 11.3 Å². The highest BCUT2D eigenvalue weighted by Crippen LogP contribution is 2.24. The van der Waals surface area contributed by atoms with Crippen LogP contribution in [0.5, 0.6) is 5.75 Å². The van der Waals surface area contributed by atoms with Crippen LogP contribution in [0.25, 0.3) is 0 Å². The highest BCUT2D eigenvalue weighted by atomic mass is 19.1. The SMILES string of the molecule is CCNC(=O)NC(=O)C(c1ccccc1)N(C)Cc1ccc(OC)c(F)c1. The fraction of sp³-hybridized carbons (Fsp3) is 0.300. The first kappa shape index (κ1) is 20.4. The van der Waals surface area contributed by atoms with E-state index in [1.54, 1.807) is 31.0 Å². The lowest BCUT2D eigenvalue weighted by atomic mass is 10.0. The molecule has 0 aliphatic rings. The maximum atomic E-state index is 14.0. The second kappa shape index (κ2) is 9.68. The van der Waals surface area contributed by atoms with Crippen molar-refractivity contribution < 1.29 is 18.7 Å². The summed E-state index contributed by atoms with van der Waals surface area (Å²) in [5.41, 5.74) is 1.42. The van der Waals surface area contributed by atoms with E-state index in [-0.39, 0.29) is 5.75 Å². The summed E-state index contributed by atoms with van der Waals surface area (Å²) >= 11 is 0. The number of ether oxygens (including phenoxy) is 1. The van der Waals surface area contributed by atoms with Crippen molar-refractivity contribution in [3.8, 4) is 5.75 Å². The number of halogens is 1. The van der Waals surface area contributed by atoms with Crippen LogP contribution in [0.15, 0.2) is 48.5 Å². The number of rotatable bonds is 7. The third-order valence-corrected chi connectivity index (χ3v) is 4.03. The van der Waals surface area contributed by atoms with Gasteiger partial charge < -0.3 is 10.1 Å². The van der Waals surface area contributed by atoms with Crippen LogP contribution in [0, 0.1) is 5.82 Å². The monoisotopic (exact) mass is 373 g/mol. The van der Waals surface area contributed by atoms with E-state index >= 15 is 0 Å². The van der Waals surface area contributed by atoms with Crippen molar-refractivity contribution in [2.45, 2.75) is 19.5 Å². The van der Waals surface area contributed by atoms with Gasteiger partial charge in [-0.25, -0.2) is 9.18 Å². The molecule has 3 amide bonds. The summed E-state index contributed by atoms with van der Waals surface area (Å²) < 4.78 is 18.9. The fourth-order valence-corrected chi connectivity index (χ4v) is 2.81. The molecule has 0 heterocycles. The molecule has 2 rings (SSSR count). The van der Waals surface area contributed by atoms with Crippen molar-refractivity contribution in [1.29, 1.82) is 0 Å². The molecule has 0 bridgehead atoms. The molecule has 0 spiro atoms. The summed E-state index contributed by atoms with van der Waals surface area (Å²) in [4.78, 5) is 26.2. The van der Waals surface area contributed by atoms with Crippen molar-refractivity contribution in [3.63, 3.8) is 0 Å². The molecule has 1 atom stereocenters. The predicted octanol–water partition coefficient (Wildman–Crippen LogP) is 2.85. The fourth-order valence-electron chi connectivity index (χ4n) is 2.81. The third-order valence-electron chi connectivity index (χ3n) is 4.03. The largest absolute Gasteiger partial charge is 0.494 e. The van der Waals surface area contributed by atoms with E-state index in [1.807, 2.05) is 30.3 Å². The van der Waals surface area contributed by atoms with Crippen molar-refractivity contribution in [2.24, 2.45) is 0 Å². The number of nitrogens with one attached hydrogen (secondary N) is 2. The standard InChI is InChI=1S/C20H24FN3O3/c1-4-22-20(26)23-19(25)18(15-8-6-5-7-9-15)24(2)13-14-10-11-17(27-3)16(21)12-14/h5-12,18H,4,13H2,1-3H3,(H2,22,23,25,26). The van der Waals surface area contributed by atoms with E-state index in [1.165, 1.54) is 13.2 Å². The zero-order valence-electron chi connectivity index (χ0n) is 15.7. The summed E-state index contributed by atoms with van der Waals surface area (Å²) in [7, 11) is 3.15. The summed E-state index contributed by atoms with van der Waals surface area (Å²) in [6.45, 7) is 2.49. The van der Waals surface area contributed by atoms with Crippen molar-refractivity contribution >= 4 is 11.9 Å². The second-order valence-corrected chi connectivity index (χ2v) is 6.05. The van der Waals surface area contributed by atoms with Gasteiger partial charge in [0.15, 0.2) is 11.6 Å². The minimum atomic E-state index is -0.709. The lowest BCUT2D eigenvalue weighted by molar-refractivity contribution is -0.125. The van der Waals surface area contributed by atoms with Gasteiger partial charge in [0.2, 0.25) is 5.91 Å². The summed E-state index contributed by atoms with van der Waals surface area (Å²) in [5, 5.41) is 4.89. The molecule has 0 radical (unpaired) electrons. The molecule has 6 nitrogen and oxygen atoms in total. The predicted molar refractivity (Wildman–Crippen MR) is 101 cm³/mol. The van der Waals surface area contributed by atoms with Gasteiger partial charge in [-0.3, -0.25) is 15.0 Å². The van der Waals surface area contributed by atoms with E-state index < -0.39 is 23.8 Å². The Balaban J connectivity index is 2.23. The molecule has 0 aromatic heterocycles. The Hall–Kier alpha value is -2.93. The topological polar surface area (TPSA) is 70.7 Å². The van der Waals surface area contributed by atoms with Gasteiger partial charge in [-0.2, -0.15) is 0 Å². The number of hydrogen-bond donors (Lipinski definition) is 2. The zero-order valence-corrected chi connectivity index (χ0v) is 15.7. The van der Waals surface area contributed by atoms with Gasteiger partial charge in [-0.05, 0) is 37.2 Å². The number of benzene rings is 2. The Bertz CT molecular complexity index is 783. The Labute approximate surface area is 158 Å². The van der Waals surface area contributed by atoms with Crippen LogP contribution >= 0.6 is 0 Å². The van der Waals surface area contributed by atoms with Crippen molar-refractivity contribution in [3.05, 3.63) is 65.5 Å². The van der Waals surface area contributed by atoms with Crippen molar-refractivity contribution in [2.75, 3.05) is 20.7 Å². The van der Waals surface area contributed by atoms with E-state index in [9.17, 15) is 14.0 Å². The number of carbonyl (C=O) groups excluding carboxylic acids is 2. The Morgan fingerprint density at radius 3 is 2.48 bits per heavy atom. The lowest BCUT2D eigenvalue weighted by Gasteiger charge is -2.27. The Morgan fingerprint density at radius 1 is 1.19 bits per heavy atom. The Kier molecular flexibility index (Phi) is 7.31. The van der Waals surface area contributed by atoms with Crippen LogP contribution in [0.3, 0.4) is 0 Å². The van der Waals surface area contributed by atoms with Crippen LogP contribution in [0.1, 0.15) is 24.1 Å². The number of urea groups is 1. The number of methoxy groups -OCH3 is 1. The first-order valence-corrected chi connectivity index (χ1v) is 8.62. The molecular weight excluding hydrogens is 349 g/mol. The molecule has 0 aliphatic heterocycles. The number of nitrogens with zero attached hydrogens (tertiary/aromatic N) is 1. The summed E-state index contributed by atoms with van der Waals surface area (Å²) in [5.74, 6) is -0.759. The van der Waals surface area contributed by atoms with Gasteiger partial charge in [-0.1, -0.05) is 36.4 Å². The first-order valence-electron chi connectivity index (χ1n) is 8.62. The molecule has 1 unspecified atom stereocenters. The van der Waals surface area contributed by atoms with Gasteiger partial charge in [0.05, 0.1) is 7.11 Å². The number of amides is 3. The molecular formula is C20H24FN3O3. The minimum Gasteiger partial charge on any atom is -0.494 e. The summed E-state index contributed by atoms with van der Waals surface area (Å²) in [6.07, 6.45) is 0. The molecule has 0 aliphatic carbocycles. The summed E-state index contributed by atoms with van der Waals surface area (Å²) in [6, 6.07) is 12.5. The number of carbonyl (C=O) groups is 2. The van der Waals surface area contributed by atoms with Crippen LogP contribution < -0.4 is 15.4 Å². The third kappa shape index (κ3) is 5.52. The first-order chi connectivity index (χ1) is 13.0. The van der Waals surface area contributed by atoms with Crippen LogP contribution in [0.2, 0.25) is 0 Å². The number of hydrogen-bond acceptors (Lipinski definition) is 4. The normalized spacial score (nSPS) is 11.7. The Morgan fingerprint density at radius 2 is 1.89 bits per heavy atom. The lowest BCUT2D eigenvalue weighted by Crippen LogP contribution is -2.45. The van der Waals surface area contributed by atoms with Gasteiger partial charge >= 0.3 is 6.03 Å². The molecule has 2 N–H and O–H groups in total. The zero-order chi connectivity index (χ0) is 19.8. The minimum absolute atomic E-state index is 0.162. The van der Waals surface area contributed by atoms with Gasteiger partial charge in [0.1, 0.15) is 6.04 Å². The van der Waals surface area contributed by atoms with E-state index in [4.69, 9.17) is 4.74 Å². The smallest absolute Gasteiger partial charge is 0.321 e. The van der Waals surface area contributed by atoms with Crippen LogP contribution in [-0.4, -0.2) is 37.5 Å².